The third-order valence-electron chi connectivity index (χ3n) is 4.46. The SMILES string of the molecule is O=C1NC(=S)N(c2ccc(Cl)cc2)C(=O)C1=Cc1ccccc1Sc1ccccc1F. The van der Waals surface area contributed by atoms with E-state index >= 15 is 0 Å². The zero-order valence-electron chi connectivity index (χ0n) is 15.8. The summed E-state index contributed by atoms with van der Waals surface area (Å²) >= 11 is 12.4. The van der Waals surface area contributed by atoms with Gasteiger partial charge in [0.05, 0.1) is 5.69 Å². The molecule has 1 saturated heterocycles. The molecule has 2 amide bonds. The van der Waals surface area contributed by atoms with Gasteiger partial charge in [-0.1, -0.05) is 53.7 Å². The molecule has 0 spiro atoms. The maximum absolute atomic E-state index is 14.1. The highest BCUT2D eigenvalue weighted by molar-refractivity contribution is 7.99. The first-order valence-electron chi connectivity index (χ1n) is 9.12. The summed E-state index contributed by atoms with van der Waals surface area (Å²) in [6.07, 6.45) is 1.49. The lowest BCUT2D eigenvalue weighted by molar-refractivity contribution is -0.122. The molecule has 31 heavy (non-hydrogen) atoms. The molecule has 0 aromatic heterocycles. The van der Waals surface area contributed by atoms with Gasteiger partial charge in [0, 0.05) is 14.8 Å². The smallest absolute Gasteiger partial charge is 0.270 e. The van der Waals surface area contributed by atoms with Gasteiger partial charge in [0.15, 0.2) is 5.11 Å². The molecule has 0 atom stereocenters. The Morgan fingerprint density at radius 3 is 2.29 bits per heavy atom. The molecule has 4 nitrogen and oxygen atoms in total. The summed E-state index contributed by atoms with van der Waals surface area (Å²) in [6, 6.07) is 20.1. The molecule has 1 aliphatic heterocycles. The number of carbonyl (C=O) groups is 2. The number of benzene rings is 3. The van der Waals surface area contributed by atoms with Crippen molar-refractivity contribution in [1.82, 2.24) is 5.32 Å². The molecular formula is C23H14ClFN2O2S2. The maximum Gasteiger partial charge on any atom is 0.270 e. The summed E-state index contributed by atoms with van der Waals surface area (Å²) in [5, 5.41) is 3.05. The second-order valence-corrected chi connectivity index (χ2v) is 8.41. The van der Waals surface area contributed by atoms with Crippen molar-refractivity contribution in [2.45, 2.75) is 9.79 Å². The summed E-state index contributed by atoms with van der Waals surface area (Å²) in [4.78, 5) is 28.1. The van der Waals surface area contributed by atoms with E-state index in [0.29, 0.717) is 26.1 Å². The Labute approximate surface area is 192 Å². The molecule has 4 rings (SSSR count). The van der Waals surface area contributed by atoms with Crippen molar-refractivity contribution >= 4 is 64.3 Å². The first kappa shape index (κ1) is 21.2. The Kier molecular flexibility index (Phi) is 6.18. The molecule has 0 radical (unpaired) electrons. The Morgan fingerprint density at radius 1 is 0.935 bits per heavy atom. The molecule has 8 heteroatoms. The van der Waals surface area contributed by atoms with Gasteiger partial charge in [-0.25, -0.2) is 4.39 Å². The fourth-order valence-corrected chi connectivity index (χ4v) is 4.32. The van der Waals surface area contributed by atoms with Gasteiger partial charge >= 0.3 is 0 Å². The summed E-state index contributed by atoms with van der Waals surface area (Å²) in [7, 11) is 0. The van der Waals surface area contributed by atoms with Crippen LogP contribution >= 0.6 is 35.6 Å². The van der Waals surface area contributed by atoms with Gasteiger partial charge in [0.25, 0.3) is 11.8 Å². The van der Waals surface area contributed by atoms with Crippen molar-refractivity contribution in [1.29, 1.82) is 0 Å². The van der Waals surface area contributed by atoms with E-state index in [1.165, 1.54) is 28.8 Å². The van der Waals surface area contributed by atoms with E-state index in [-0.39, 0.29) is 16.5 Å². The minimum absolute atomic E-state index is 0.0107. The van der Waals surface area contributed by atoms with Gasteiger partial charge in [-0.15, -0.1) is 0 Å². The molecule has 3 aromatic carbocycles. The van der Waals surface area contributed by atoms with Gasteiger partial charge in [-0.3, -0.25) is 19.8 Å². The zero-order valence-corrected chi connectivity index (χ0v) is 18.2. The predicted octanol–water partition coefficient (Wildman–Crippen LogP) is 5.46. The number of thiocarbonyl (C=S) groups is 1. The Balaban J connectivity index is 1.71. The summed E-state index contributed by atoms with van der Waals surface area (Å²) in [5.74, 6) is -1.49. The first-order valence-corrected chi connectivity index (χ1v) is 10.7. The largest absolute Gasteiger partial charge is 0.298 e. The van der Waals surface area contributed by atoms with Crippen molar-refractivity contribution < 1.29 is 14.0 Å². The molecule has 0 unspecified atom stereocenters. The number of rotatable bonds is 4. The van der Waals surface area contributed by atoms with Crippen LogP contribution in [0, 0.1) is 5.82 Å². The van der Waals surface area contributed by atoms with Gasteiger partial charge in [-0.05, 0) is 66.3 Å². The molecule has 1 heterocycles. The Hall–Kier alpha value is -3.00. The third-order valence-corrected chi connectivity index (χ3v) is 6.14. The van der Waals surface area contributed by atoms with E-state index in [1.807, 2.05) is 6.07 Å². The molecule has 1 fully saturated rings. The van der Waals surface area contributed by atoms with E-state index in [0.717, 1.165) is 0 Å². The summed E-state index contributed by atoms with van der Waals surface area (Å²) in [6.45, 7) is 0. The fraction of sp³-hybridized carbons (Fsp3) is 0. The van der Waals surface area contributed by atoms with Crippen LogP contribution in [-0.4, -0.2) is 16.9 Å². The number of hydrogen-bond donors (Lipinski definition) is 1. The van der Waals surface area contributed by atoms with Gasteiger partial charge in [0.1, 0.15) is 11.4 Å². The molecule has 3 aromatic rings. The van der Waals surface area contributed by atoms with Crippen LogP contribution < -0.4 is 10.2 Å². The van der Waals surface area contributed by atoms with Crippen molar-refractivity contribution in [3.63, 3.8) is 0 Å². The third kappa shape index (κ3) is 4.54. The zero-order chi connectivity index (χ0) is 22.0. The van der Waals surface area contributed by atoms with Crippen LogP contribution in [0.1, 0.15) is 5.56 Å². The van der Waals surface area contributed by atoms with Crippen LogP contribution in [0.5, 0.6) is 0 Å². The highest BCUT2D eigenvalue weighted by Crippen LogP contribution is 2.33. The summed E-state index contributed by atoms with van der Waals surface area (Å²) in [5.41, 5.74) is 1.02. The van der Waals surface area contributed by atoms with Crippen molar-refractivity contribution in [3.8, 4) is 0 Å². The average Bonchev–Trinajstić information content (AvgIpc) is 2.75. The quantitative estimate of drug-likeness (QED) is 0.314. The van der Waals surface area contributed by atoms with E-state index in [4.69, 9.17) is 23.8 Å². The number of anilines is 1. The molecule has 1 N–H and O–H groups in total. The number of halogens is 2. The van der Waals surface area contributed by atoms with E-state index in [9.17, 15) is 14.0 Å². The first-order chi connectivity index (χ1) is 14.9. The minimum atomic E-state index is -0.592. The monoisotopic (exact) mass is 468 g/mol. The lowest BCUT2D eigenvalue weighted by Gasteiger charge is -2.29. The van der Waals surface area contributed by atoms with Crippen LogP contribution in [0.2, 0.25) is 5.02 Å². The molecule has 0 saturated carbocycles. The summed E-state index contributed by atoms with van der Waals surface area (Å²) < 4.78 is 14.1. The number of nitrogens with one attached hydrogen (secondary N) is 1. The lowest BCUT2D eigenvalue weighted by atomic mass is 10.1. The number of hydrogen-bond acceptors (Lipinski definition) is 4. The van der Waals surface area contributed by atoms with Gasteiger partial charge in [-0.2, -0.15) is 0 Å². The van der Waals surface area contributed by atoms with Crippen LogP contribution in [-0.2, 0) is 9.59 Å². The normalized spacial score (nSPS) is 15.4. The number of nitrogens with zero attached hydrogens (tertiary/aromatic N) is 1. The van der Waals surface area contributed by atoms with Crippen LogP contribution in [0.25, 0.3) is 6.08 Å². The van der Waals surface area contributed by atoms with Crippen molar-refractivity contribution in [2.75, 3.05) is 4.90 Å². The predicted molar refractivity (Wildman–Crippen MR) is 125 cm³/mol. The van der Waals surface area contributed by atoms with Gasteiger partial charge in [0.2, 0.25) is 0 Å². The average molecular weight is 469 g/mol. The highest BCUT2D eigenvalue weighted by atomic mass is 35.5. The minimum Gasteiger partial charge on any atom is -0.298 e. The maximum atomic E-state index is 14.1. The van der Waals surface area contributed by atoms with Gasteiger partial charge < -0.3 is 0 Å². The second-order valence-electron chi connectivity index (χ2n) is 6.50. The van der Waals surface area contributed by atoms with E-state index < -0.39 is 11.8 Å². The topological polar surface area (TPSA) is 49.4 Å². The van der Waals surface area contributed by atoms with Crippen molar-refractivity contribution in [3.05, 3.63) is 94.8 Å². The number of carbonyl (C=O) groups excluding carboxylic acids is 2. The van der Waals surface area contributed by atoms with Crippen LogP contribution in [0.3, 0.4) is 0 Å². The number of amides is 2. The van der Waals surface area contributed by atoms with E-state index in [2.05, 4.69) is 5.32 Å². The van der Waals surface area contributed by atoms with Crippen LogP contribution in [0.4, 0.5) is 10.1 Å². The lowest BCUT2D eigenvalue weighted by Crippen LogP contribution is -2.54. The van der Waals surface area contributed by atoms with E-state index in [1.54, 1.807) is 60.7 Å². The Morgan fingerprint density at radius 2 is 1.58 bits per heavy atom. The molecule has 1 aliphatic rings. The fourth-order valence-electron chi connectivity index (χ4n) is 2.98. The highest BCUT2D eigenvalue weighted by Gasteiger charge is 2.34. The van der Waals surface area contributed by atoms with Crippen molar-refractivity contribution in [2.24, 2.45) is 0 Å². The molecular weight excluding hydrogens is 455 g/mol. The van der Waals surface area contributed by atoms with Crippen LogP contribution in [0.15, 0.2) is 88.2 Å². The standard InChI is InChI=1S/C23H14ClFN2O2S2/c24-15-9-11-16(12-10-15)27-22(29)17(21(28)26-23(27)30)13-14-5-1-3-7-19(14)31-20-8-4-2-6-18(20)25/h1-13H,(H,26,28,30). The second kappa shape index (κ2) is 9.01. The Bertz CT molecular complexity index is 1230. The molecule has 0 aliphatic carbocycles. The molecule has 154 valence electrons. The molecule has 0 bridgehead atoms.